The molecule has 0 spiro atoms. The van der Waals surface area contributed by atoms with Gasteiger partial charge >= 0.3 is 0 Å². The van der Waals surface area contributed by atoms with Crippen LogP contribution in [-0.4, -0.2) is 40.4 Å². The molecule has 1 atom stereocenters. The second-order valence-electron chi connectivity index (χ2n) is 5.03. The van der Waals surface area contributed by atoms with Gasteiger partial charge in [0.1, 0.15) is 0 Å². The summed E-state index contributed by atoms with van der Waals surface area (Å²) >= 11 is 0. The highest BCUT2D eigenvalue weighted by Crippen LogP contribution is 2.15. The lowest BCUT2D eigenvalue weighted by Gasteiger charge is -2.27. The maximum Gasteiger partial charge on any atom is 0.0638 e. The average Bonchev–Trinajstić information content (AvgIpc) is 2.88. The lowest BCUT2D eigenvalue weighted by molar-refractivity contribution is 0.199. The number of nitrogens with zero attached hydrogens (tertiary/aromatic N) is 3. The van der Waals surface area contributed by atoms with Gasteiger partial charge in [-0.05, 0) is 32.9 Å². The molecule has 17 heavy (non-hydrogen) atoms. The molecule has 1 aliphatic rings. The topological polar surface area (TPSA) is 33.1 Å². The van der Waals surface area contributed by atoms with Crippen LogP contribution in [0, 0.1) is 6.92 Å². The Balaban J connectivity index is 2.03. The van der Waals surface area contributed by atoms with E-state index in [1.165, 1.54) is 30.6 Å². The Labute approximate surface area is 104 Å². The highest BCUT2D eigenvalue weighted by Gasteiger charge is 2.22. The van der Waals surface area contributed by atoms with Crippen molar-refractivity contribution in [1.29, 1.82) is 0 Å². The molecule has 4 nitrogen and oxygen atoms in total. The van der Waals surface area contributed by atoms with Gasteiger partial charge < -0.3 is 5.32 Å². The van der Waals surface area contributed by atoms with E-state index in [2.05, 4.69) is 35.4 Å². The zero-order valence-electron chi connectivity index (χ0n) is 11.2. The van der Waals surface area contributed by atoms with Crippen molar-refractivity contribution in [3.8, 4) is 0 Å². The van der Waals surface area contributed by atoms with E-state index in [4.69, 9.17) is 0 Å². The summed E-state index contributed by atoms with van der Waals surface area (Å²) in [5.41, 5.74) is 2.53. The first-order valence-corrected chi connectivity index (χ1v) is 6.64. The summed E-state index contributed by atoms with van der Waals surface area (Å²) in [4.78, 5) is 2.60. The highest BCUT2D eigenvalue weighted by atomic mass is 15.3. The summed E-state index contributed by atoms with van der Waals surface area (Å²) in [6.45, 7) is 8.88. The van der Waals surface area contributed by atoms with Gasteiger partial charge in [0.2, 0.25) is 0 Å². The highest BCUT2D eigenvalue weighted by molar-refractivity contribution is 5.15. The van der Waals surface area contributed by atoms with E-state index < -0.39 is 0 Å². The Morgan fingerprint density at radius 2 is 2.41 bits per heavy atom. The van der Waals surface area contributed by atoms with Crippen LogP contribution in [-0.2, 0) is 13.6 Å². The SMILES string of the molecule is CCCN(Cc1cn(C)nc1C)C1CCNC1. The van der Waals surface area contributed by atoms with Gasteiger partial charge in [-0.15, -0.1) is 0 Å². The van der Waals surface area contributed by atoms with Gasteiger partial charge in [0.15, 0.2) is 0 Å². The molecule has 1 N–H and O–H groups in total. The van der Waals surface area contributed by atoms with E-state index in [-0.39, 0.29) is 0 Å². The molecular formula is C13H24N4. The second-order valence-corrected chi connectivity index (χ2v) is 5.03. The Hall–Kier alpha value is -0.870. The normalized spacial score (nSPS) is 20.4. The van der Waals surface area contributed by atoms with E-state index in [0.717, 1.165) is 19.6 Å². The van der Waals surface area contributed by atoms with E-state index in [1.807, 2.05) is 11.7 Å². The van der Waals surface area contributed by atoms with E-state index in [1.54, 1.807) is 0 Å². The average molecular weight is 236 g/mol. The number of aromatic nitrogens is 2. The van der Waals surface area contributed by atoms with Crippen molar-refractivity contribution in [2.24, 2.45) is 7.05 Å². The van der Waals surface area contributed by atoms with Crippen LogP contribution in [0.2, 0.25) is 0 Å². The Bertz CT molecular complexity index is 352. The molecule has 0 aliphatic carbocycles. The minimum atomic E-state index is 0.703. The molecule has 0 radical (unpaired) electrons. The molecule has 2 heterocycles. The standard InChI is InChI=1S/C13H24N4/c1-4-7-17(13-5-6-14-8-13)10-12-9-16(3)15-11(12)2/h9,13-14H,4-8,10H2,1-3H3. The zero-order valence-corrected chi connectivity index (χ0v) is 11.2. The fourth-order valence-corrected chi connectivity index (χ4v) is 2.65. The number of rotatable bonds is 5. The van der Waals surface area contributed by atoms with Gasteiger partial charge in [-0.1, -0.05) is 6.92 Å². The maximum atomic E-state index is 4.43. The molecule has 0 aromatic carbocycles. The van der Waals surface area contributed by atoms with Crippen molar-refractivity contribution in [1.82, 2.24) is 20.0 Å². The minimum absolute atomic E-state index is 0.703. The summed E-state index contributed by atoms with van der Waals surface area (Å²) in [5.74, 6) is 0. The largest absolute Gasteiger partial charge is 0.315 e. The van der Waals surface area contributed by atoms with Crippen LogP contribution in [0.5, 0.6) is 0 Å². The molecule has 4 heteroatoms. The van der Waals surface area contributed by atoms with Crippen LogP contribution in [0.3, 0.4) is 0 Å². The van der Waals surface area contributed by atoms with E-state index in [0.29, 0.717) is 6.04 Å². The molecular weight excluding hydrogens is 212 g/mol. The number of aryl methyl sites for hydroxylation is 2. The zero-order chi connectivity index (χ0) is 12.3. The fourth-order valence-electron chi connectivity index (χ4n) is 2.65. The maximum absolute atomic E-state index is 4.43. The lowest BCUT2D eigenvalue weighted by Crippen LogP contribution is -2.37. The number of nitrogens with one attached hydrogen (secondary N) is 1. The van der Waals surface area contributed by atoms with Crippen LogP contribution in [0.15, 0.2) is 6.20 Å². The van der Waals surface area contributed by atoms with Crippen molar-refractivity contribution in [2.75, 3.05) is 19.6 Å². The van der Waals surface area contributed by atoms with Crippen LogP contribution < -0.4 is 5.32 Å². The fraction of sp³-hybridized carbons (Fsp3) is 0.769. The lowest BCUT2D eigenvalue weighted by atomic mass is 10.1. The van der Waals surface area contributed by atoms with Crippen LogP contribution >= 0.6 is 0 Å². The molecule has 1 aromatic rings. The summed E-state index contributed by atoms with van der Waals surface area (Å²) in [5, 5.41) is 7.88. The summed E-state index contributed by atoms with van der Waals surface area (Å²) in [7, 11) is 2.00. The third-order valence-corrected chi connectivity index (χ3v) is 3.55. The minimum Gasteiger partial charge on any atom is -0.315 e. The third-order valence-electron chi connectivity index (χ3n) is 3.55. The molecule has 1 saturated heterocycles. The smallest absolute Gasteiger partial charge is 0.0638 e. The Morgan fingerprint density at radius 1 is 1.59 bits per heavy atom. The van der Waals surface area contributed by atoms with Gasteiger partial charge in [-0.2, -0.15) is 5.10 Å². The molecule has 1 unspecified atom stereocenters. The van der Waals surface area contributed by atoms with Gasteiger partial charge in [0.05, 0.1) is 5.69 Å². The molecule has 2 rings (SSSR count). The number of hydrogen-bond donors (Lipinski definition) is 1. The molecule has 1 fully saturated rings. The molecule has 0 saturated carbocycles. The van der Waals surface area contributed by atoms with Gasteiger partial charge in [-0.3, -0.25) is 9.58 Å². The summed E-state index contributed by atoms with van der Waals surface area (Å²) in [6.07, 6.45) is 4.65. The number of hydrogen-bond acceptors (Lipinski definition) is 3. The predicted molar refractivity (Wildman–Crippen MR) is 69.9 cm³/mol. The van der Waals surface area contributed by atoms with E-state index >= 15 is 0 Å². The van der Waals surface area contributed by atoms with E-state index in [9.17, 15) is 0 Å². The predicted octanol–water partition coefficient (Wildman–Crippen LogP) is 1.30. The van der Waals surface area contributed by atoms with Crippen molar-refractivity contribution in [2.45, 2.75) is 39.3 Å². The molecule has 1 aliphatic heterocycles. The van der Waals surface area contributed by atoms with Crippen LogP contribution in [0.25, 0.3) is 0 Å². The first-order chi connectivity index (χ1) is 8.20. The summed E-state index contributed by atoms with van der Waals surface area (Å²) < 4.78 is 1.92. The van der Waals surface area contributed by atoms with Gasteiger partial charge in [0.25, 0.3) is 0 Å². The van der Waals surface area contributed by atoms with Crippen molar-refractivity contribution in [3.05, 3.63) is 17.5 Å². The van der Waals surface area contributed by atoms with Crippen molar-refractivity contribution in [3.63, 3.8) is 0 Å². The molecule has 1 aromatic heterocycles. The third kappa shape index (κ3) is 3.07. The van der Waals surface area contributed by atoms with Crippen molar-refractivity contribution >= 4 is 0 Å². The monoisotopic (exact) mass is 236 g/mol. The van der Waals surface area contributed by atoms with Crippen molar-refractivity contribution < 1.29 is 0 Å². The Kier molecular flexibility index (Phi) is 4.18. The van der Waals surface area contributed by atoms with Gasteiger partial charge in [-0.25, -0.2) is 0 Å². The molecule has 0 bridgehead atoms. The quantitative estimate of drug-likeness (QED) is 0.836. The van der Waals surface area contributed by atoms with Crippen LogP contribution in [0.4, 0.5) is 0 Å². The summed E-state index contributed by atoms with van der Waals surface area (Å²) in [6, 6.07) is 0.703. The second kappa shape index (κ2) is 5.65. The Morgan fingerprint density at radius 3 is 2.94 bits per heavy atom. The first-order valence-electron chi connectivity index (χ1n) is 6.64. The molecule has 96 valence electrons. The first kappa shape index (κ1) is 12.6. The van der Waals surface area contributed by atoms with Crippen LogP contribution in [0.1, 0.15) is 31.0 Å². The molecule has 0 amide bonds. The van der Waals surface area contributed by atoms with Gasteiger partial charge in [0, 0.05) is 37.9 Å².